The number of fused-ring (bicyclic) bond motifs is 2. The van der Waals surface area contributed by atoms with Crippen molar-refractivity contribution in [2.75, 3.05) is 6.61 Å². The molecule has 4 nitrogen and oxygen atoms in total. The maximum Gasteiger partial charge on any atom is 0.407 e. The lowest BCUT2D eigenvalue weighted by Crippen LogP contribution is -2.42. The molecular weight excluding hydrogens is 266 g/mol. The maximum atomic E-state index is 12.1. The number of allylic oxidation sites excluding steroid dienone is 2. The second-order valence-electron chi connectivity index (χ2n) is 7.29. The summed E-state index contributed by atoms with van der Waals surface area (Å²) in [6.45, 7) is 6.06. The number of alkyl carbamates (subject to hydrolysis) is 1. The number of carbonyl (C=O) groups excluding carboxylic acids is 2. The Balaban J connectivity index is 1.54. The minimum Gasteiger partial charge on any atom is -0.448 e. The van der Waals surface area contributed by atoms with E-state index in [9.17, 15) is 9.59 Å². The van der Waals surface area contributed by atoms with Crippen LogP contribution in [0.1, 0.15) is 40.0 Å². The van der Waals surface area contributed by atoms with Crippen molar-refractivity contribution in [2.24, 2.45) is 29.1 Å². The van der Waals surface area contributed by atoms with Crippen LogP contribution in [0, 0.1) is 29.1 Å². The minimum atomic E-state index is -0.479. The van der Waals surface area contributed by atoms with Gasteiger partial charge in [0.25, 0.3) is 0 Å². The fourth-order valence-electron chi connectivity index (χ4n) is 4.20. The van der Waals surface area contributed by atoms with Crippen molar-refractivity contribution in [1.29, 1.82) is 0 Å². The molecule has 0 aliphatic heterocycles. The van der Waals surface area contributed by atoms with E-state index >= 15 is 0 Å². The zero-order chi connectivity index (χ0) is 15.2. The van der Waals surface area contributed by atoms with Gasteiger partial charge < -0.3 is 10.1 Å². The van der Waals surface area contributed by atoms with Gasteiger partial charge in [-0.05, 0) is 56.8 Å². The predicted molar refractivity (Wildman–Crippen MR) is 79.7 cm³/mol. The quantitative estimate of drug-likeness (QED) is 0.792. The molecule has 3 aliphatic carbocycles. The summed E-state index contributed by atoms with van der Waals surface area (Å²) in [6, 6.07) is 0.153. The molecule has 0 spiro atoms. The van der Waals surface area contributed by atoms with Gasteiger partial charge in [-0.1, -0.05) is 19.1 Å². The molecular formula is C17H25NO3. The Bertz CT molecular complexity index is 486. The maximum absolute atomic E-state index is 12.1. The van der Waals surface area contributed by atoms with Crippen LogP contribution in [0.25, 0.3) is 0 Å². The molecule has 0 heterocycles. The van der Waals surface area contributed by atoms with Gasteiger partial charge >= 0.3 is 6.09 Å². The van der Waals surface area contributed by atoms with E-state index in [4.69, 9.17) is 4.74 Å². The van der Waals surface area contributed by atoms with Gasteiger partial charge in [0.2, 0.25) is 0 Å². The molecule has 2 bridgehead atoms. The monoisotopic (exact) mass is 291 g/mol. The van der Waals surface area contributed by atoms with Gasteiger partial charge in [-0.15, -0.1) is 0 Å². The molecule has 21 heavy (non-hydrogen) atoms. The number of amides is 1. The lowest BCUT2D eigenvalue weighted by molar-refractivity contribution is -0.130. The van der Waals surface area contributed by atoms with Crippen molar-refractivity contribution >= 4 is 11.9 Å². The average Bonchev–Trinajstić information content (AvgIpc) is 2.87. The SMILES string of the molecule is CC(=O)C1(COC(=O)NC(C)C2CC2C)CC2C=CC1C2. The summed E-state index contributed by atoms with van der Waals surface area (Å²) in [4.78, 5) is 24.1. The molecule has 0 saturated heterocycles. The second-order valence-corrected chi connectivity index (χ2v) is 7.29. The zero-order valence-corrected chi connectivity index (χ0v) is 13.1. The summed E-state index contributed by atoms with van der Waals surface area (Å²) in [5.74, 6) is 2.14. The van der Waals surface area contributed by atoms with Crippen LogP contribution in [0.2, 0.25) is 0 Å². The van der Waals surface area contributed by atoms with Gasteiger partial charge in [-0.2, -0.15) is 0 Å². The van der Waals surface area contributed by atoms with Crippen molar-refractivity contribution in [1.82, 2.24) is 5.32 Å². The van der Waals surface area contributed by atoms with Gasteiger partial charge in [-0.25, -0.2) is 4.79 Å². The normalized spacial score (nSPS) is 40.9. The first-order valence-electron chi connectivity index (χ1n) is 8.05. The van der Waals surface area contributed by atoms with E-state index in [0.717, 1.165) is 12.8 Å². The summed E-state index contributed by atoms with van der Waals surface area (Å²) >= 11 is 0. The van der Waals surface area contributed by atoms with Crippen molar-refractivity contribution in [3.63, 3.8) is 0 Å². The Kier molecular flexibility index (Phi) is 3.58. The number of hydrogen-bond acceptors (Lipinski definition) is 3. The van der Waals surface area contributed by atoms with Crippen molar-refractivity contribution in [3.8, 4) is 0 Å². The average molecular weight is 291 g/mol. The molecule has 3 rings (SSSR count). The third kappa shape index (κ3) is 2.60. The predicted octanol–water partition coefficient (Wildman–Crippen LogP) is 2.93. The van der Waals surface area contributed by atoms with Crippen molar-refractivity contribution < 1.29 is 14.3 Å². The van der Waals surface area contributed by atoms with Crippen LogP contribution < -0.4 is 5.32 Å². The highest BCUT2D eigenvalue weighted by atomic mass is 16.5. The van der Waals surface area contributed by atoms with Crippen LogP contribution in [-0.4, -0.2) is 24.5 Å². The Hall–Kier alpha value is -1.32. The second kappa shape index (κ2) is 5.15. The Morgan fingerprint density at radius 3 is 2.57 bits per heavy atom. The molecule has 1 N–H and O–H groups in total. The fraction of sp³-hybridized carbons (Fsp3) is 0.765. The highest BCUT2D eigenvalue weighted by Crippen LogP contribution is 2.52. The summed E-state index contributed by atoms with van der Waals surface area (Å²) < 4.78 is 5.42. The first-order valence-corrected chi connectivity index (χ1v) is 8.05. The van der Waals surface area contributed by atoms with Gasteiger partial charge in [0.15, 0.2) is 0 Å². The molecule has 6 atom stereocenters. The lowest BCUT2D eigenvalue weighted by Gasteiger charge is -2.32. The molecule has 2 fully saturated rings. The summed E-state index contributed by atoms with van der Waals surface area (Å²) in [5.41, 5.74) is -0.479. The first kappa shape index (κ1) is 14.6. The van der Waals surface area contributed by atoms with E-state index in [-0.39, 0.29) is 30.4 Å². The van der Waals surface area contributed by atoms with E-state index in [1.54, 1.807) is 6.92 Å². The molecule has 4 heteroatoms. The molecule has 1 amide bonds. The molecule has 0 aromatic heterocycles. The first-order chi connectivity index (χ1) is 9.92. The van der Waals surface area contributed by atoms with Gasteiger partial charge in [0.05, 0.1) is 5.41 Å². The lowest BCUT2D eigenvalue weighted by atomic mass is 9.73. The number of ether oxygens (including phenoxy) is 1. The summed E-state index contributed by atoms with van der Waals surface area (Å²) in [7, 11) is 0. The molecule has 0 aromatic carbocycles. The topological polar surface area (TPSA) is 55.4 Å². The molecule has 6 unspecified atom stereocenters. The van der Waals surface area contributed by atoms with E-state index in [2.05, 4.69) is 24.4 Å². The Morgan fingerprint density at radius 2 is 2.10 bits per heavy atom. The number of ketones is 1. The number of hydrogen-bond donors (Lipinski definition) is 1. The fourth-order valence-corrected chi connectivity index (χ4v) is 4.20. The van der Waals surface area contributed by atoms with Crippen molar-refractivity contribution in [3.05, 3.63) is 12.2 Å². The highest BCUT2D eigenvalue weighted by molar-refractivity contribution is 5.84. The Labute approximate surface area is 126 Å². The van der Waals surface area contributed by atoms with Gasteiger partial charge in [-0.3, -0.25) is 4.79 Å². The molecule has 0 radical (unpaired) electrons. The number of carbonyl (C=O) groups is 2. The minimum absolute atomic E-state index is 0.149. The molecule has 116 valence electrons. The van der Waals surface area contributed by atoms with Gasteiger partial charge in [0.1, 0.15) is 12.4 Å². The van der Waals surface area contributed by atoms with E-state index in [0.29, 0.717) is 17.8 Å². The smallest absolute Gasteiger partial charge is 0.407 e. The largest absolute Gasteiger partial charge is 0.448 e. The molecule has 3 aliphatic rings. The highest BCUT2D eigenvalue weighted by Gasteiger charge is 2.52. The third-order valence-corrected chi connectivity index (χ3v) is 5.83. The number of nitrogens with one attached hydrogen (secondary N) is 1. The zero-order valence-electron chi connectivity index (χ0n) is 13.1. The van der Waals surface area contributed by atoms with E-state index in [1.165, 1.54) is 6.42 Å². The summed E-state index contributed by atoms with van der Waals surface area (Å²) in [5, 5.41) is 2.91. The van der Waals surface area contributed by atoms with Crippen LogP contribution in [0.4, 0.5) is 4.79 Å². The summed E-state index contributed by atoms with van der Waals surface area (Å²) in [6.07, 6.45) is 6.97. The van der Waals surface area contributed by atoms with Crippen molar-refractivity contribution in [2.45, 2.75) is 46.1 Å². The molecule has 0 aromatic rings. The van der Waals surface area contributed by atoms with E-state index in [1.807, 2.05) is 6.92 Å². The van der Waals surface area contributed by atoms with Crippen LogP contribution >= 0.6 is 0 Å². The number of rotatable bonds is 5. The van der Waals surface area contributed by atoms with Gasteiger partial charge in [0, 0.05) is 6.04 Å². The van der Waals surface area contributed by atoms with Crippen LogP contribution in [0.15, 0.2) is 12.2 Å². The standard InChI is InChI=1S/C17H25NO3/c1-10-6-15(10)11(2)18-16(20)21-9-17(12(3)19)8-13-4-5-14(17)7-13/h4-5,10-11,13-15H,6-9H2,1-3H3,(H,18,20). The Morgan fingerprint density at radius 1 is 1.38 bits per heavy atom. The third-order valence-electron chi connectivity index (χ3n) is 5.83. The molecule has 2 saturated carbocycles. The number of Topliss-reactive ketones (excluding diaryl/α,β-unsaturated/α-hetero) is 1. The van der Waals surface area contributed by atoms with E-state index < -0.39 is 5.41 Å². The van der Waals surface area contributed by atoms with Crippen LogP contribution in [0.5, 0.6) is 0 Å². The van der Waals surface area contributed by atoms with Crippen LogP contribution in [0.3, 0.4) is 0 Å². The van der Waals surface area contributed by atoms with Crippen LogP contribution in [-0.2, 0) is 9.53 Å².